The number of amides is 1. The first-order valence-corrected chi connectivity index (χ1v) is 13.7. The zero-order valence-corrected chi connectivity index (χ0v) is 20.4. The Kier molecular flexibility index (Phi) is 7.80. The smallest absolute Gasteiger partial charge is 0.243 e. The van der Waals surface area contributed by atoms with Crippen LogP contribution < -0.4 is 5.73 Å². The van der Waals surface area contributed by atoms with Crippen LogP contribution >= 0.6 is 0 Å². The fraction of sp³-hybridized carbons (Fsp3) is 0.435. The molecule has 2 aromatic carbocycles. The summed E-state index contributed by atoms with van der Waals surface area (Å²) in [5.74, 6) is -0.782. The first-order chi connectivity index (χ1) is 16.3. The van der Waals surface area contributed by atoms with Crippen molar-refractivity contribution in [3.8, 4) is 0 Å². The highest BCUT2D eigenvalue weighted by molar-refractivity contribution is 7.89. The van der Waals surface area contributed by atoms with Crippen molar-refractivity contribution in [2.24, 2.45) is 11.7 Å². The van der Waals surface area contributed by atoms with Crippen LogP contribution in [0.15, 0.2) is 59.5 Å². The summed E-state index contributed by atoms with van der Waals surface area (Å²) in [6.07, 6.45) is 0.533. The summed E-state index contributed by atoms with van der Waals surface area (Å²) in [6.45, 7) is 1.68. The van der Waals surface area contributed by atoms with Gasteiger partial charge in [0.25, 0.3) is 0 Å². The molecule has 2 aliphatic rings. The maximum Gasteiger partial charge on any atom is 0.243 e. The lowest BCUT2D eigenvalue weighted by Gasteiger charge is -2.41. The van der Waals surface area contributed by atoms with Crippen LogP contribution in [0.2, 0.25) is 0 Å². The molecule has 34 heavy (non-hydrogen) atoms. The number of benzene rings is 2. The van der Waals surface area contributed by atoms with E-state index in [-0.39, 0.29) is 49.4 Å². The summed E-state index contributed by atoms with van der Waals surface area (Å²) in [4.78, 5) is 15.3. The topological polar surface area (TPSA) is 127 Å². The largest absolute Gasteiger partial charge is 0.760 e. The molecule has 2 heterocycles. The predicted molar refractivity (Wildman–Crippen MR) is 127 cm³/mol. The van der Waals surface area contributed by atoms with E-state index >= 15 is 0 Å². The number of nitrogens with two attached hydrogens (primary N) is 1. The highest BCUT2D eigenvalue weighted by Gasteiger charge is 2.40. The highest BCUT2D eigenvalue weighted by Crippen LogP contribution is 2.34. The molecule has 0 saturated carbocycles. The van der Waals surface area contributed by atoms with E-state index in [0.717, 1.165) is 11.1 Å². The molecule has 2 aliphatic heterocycles. The molecule has 2 saturated heterocycles. The van der Waals surface area contributed by atoms with Gasteiger partial charge in [-0.3, -0.25) is 9.00 Å². The van der Waals surface area contributed by atoms with E-state index in [1.165, 1.54) is 8.61 Å². The van der Waals surface area contributed by atoms with E-state index in [4.69, 9.17) is 5.73 Å². The van der Waals surface area contributed by atoms with Gasteiger partial charge in [-0.25, -0.2) is 12.7 Å². The molecule has 0 spiro atoms. The number of rotatable bonds is 6. The van der Waals surface area contributed by atoms with Gasteiger partial charge in [0.1, 0.15) is 0 Å². The minimum absolute atomic E-state index is 0.0883. The maximum absolute atomic E-state index is 13.6. The normalized spacial score (nSPS) is 23.5. The number of hydrogen-bond acceptors (Lipinski definition) is 6. The predicted octanol–water partition coefficient (Wildman–Crippen LogP) is 0.878. The van der Waals surface area contributed by atoms with Crippen molar-refractivity contribution in [2.75, 3.05) is 39.3 Å². The van der Waals surface area contributed by atoms with Crippen molar-refractivity contribution in [1.29, 1.82) is 0 Å². The van der Waals surface area contributed by atoms with Crippen molar-refractivity contribution in [3.05, 3.63) is 65.7 Å². The van der Waals surface area contributed by atoms with Crippen LogP contribution in [0.4, 0.5) is 0 Å². The van der Waals surface area contributed by atoms with Gasteiger partial charge in [0, 0.05) is 57.1 Å². The summed E-state index contributed by atoms with van der Waals surface area (Å²) in [7, 11) is -3.84. The molecule has 0 bridgehead atoms. The van der Waals surface area contributed by atoms with Crippen LogP contribution in [0.3, 0.4) is 0 Å². The Bertz CT molecular complexity index is 1140. The quantitative estimate of drug-likeness (QED) is 0.581. The Morgan fingerprint density at radius 1 is 1.03 bits per heavy atom. The van der Waals surface area contributed by atoms with Gasteiger partial charge in [-0.15, -0.1) is 0 Å². The molecule has 1 unspecified atom stereocenters. The molecule has 0 aromatic heterocycles. The molecule has 11 heteroatoms. The number of piperazine rings is 1. The van der Waals surface area contributed by atoms with Gasteiger partial charge in [-0.2, -0.15) is 4.31 Å². The number of nitrogens with zero attached hydrogens (tertiary/aromatic N) is 3. The van der Waals surface area contributed by atoms with E-state index in [2.05, 4.69) is 0 Å². The fourth-order valence-corrected chi connectivity index (χ4v) is 6.76. The molecular weight excluding hydrogens is 476 g/mol. The SMILES string of the molecule is NCc1cccc(S(=O)(=O)N2C[C@H](C(=O)N3CCN(S(=O)[O-])CC3)C[C@@H](c3ccccc3)C2)c1. The highest BCUT2D eigenvalue weighted by atomic mass is 32.2. The van der Waals surface area contributed by atoms with Gasteiger partial charge in [0.05, 0.1) is 10.8 Å². The summed E-state index contributed by atoms with van der Waals surface area (Å²) in [6, 6.07) is 16.2. The van der Waals surface area contributed by atoms with E-state index in [1.807, 2.05) is 30.3 Å². The van der Waals surface area contributed by atoms with Gasteiger partial charge in [0.15, 0.2) is 0 Å². The number of carbonyl (C=O) groups is 1. The van der Waals surface area contributed by atoms with Crippen molar-refractivity contribution < 1.29 is 22.0 Å². The number of sulfonamides is 1. The second-order valence-corrected chi connectivity index (χ2v) is 11.6. The van der Waals surface area contributed by atoms with Gasteiger partial charge in [-0.05, 0) is 35.6 Å². The van der Waals surface area contributed by atoms with E-state index < -0.39 is 27.2 Å². The van der Waals surface area contributed by atoms with Crippen LogP contribution in [-0.4, -0.2) is 75.9 Å². The van der Waals surface area contributed by atoms with Crippen molar-refractivity contribution in [1.82, 2.24) is 13.5 Å². The van der Waals surface area contributed by atoms with E-state index in [1.54, 1.807) is 29.2 Å². The molecule has 1 amide bonds. The molecule has 9 nitrogen and oxygen atoms in total. The number of piperidine rings is 1. The average Bonchev–Trinajstić information content (AvgIpc) is 2.88. The second-order valence-electron chi connectivity index (χ2n) is 8.69. The standard InChI is InChI=1S/C23H30N4O5S2/c24-15-18-5-4-8-22(13-18)34(31,32)27-16-20(19-6-2-1-3-7-19)14-21(17-27)23(28)25-9-11-26(12-10-25)33(29)30/h1-8,13,20-21H,9-12,14-17,24H2,(H,29,30)/p-1/t20-,21-/m1/s1. The molecule has 3 atom stereocenters. The lowest BCUT2D eigenvalue weighted by atomic mass is 9.85. The maximum atomic E-state index is 13.6. The van der Waals surface area contributed by atoms with Gasteiger partial charge >= 0.3 is 0 Å². The third-order valence-corrected chi connectivity index (χ3v) is 9.18. The van der Waals surface area contributed by atoms with Crippen LogP contribution in [-0.2, 0) is 32.6 Å². The minimum Gasteiger partial charge on any atom is -0.760 e. The summed E-state index contributed by atoms with van der Waals surface area (Å²) < 4.78 is 52.3. The van der Waals surface area contributed by atoms with Crippen LogP contribution in [0.5, 0.6) is 0 Å². The molecule has 2 aromatic rings. The number of carbonyl (C=O) groups excluding carboxylic acids is 1. The first-order valence-electron chi connectivity index (χ1n) is 11.3. The van der Waals surface area contributed by atoms with Crippen LogP contribution in [0, 0.1) is 5.92 Å². The Labute approximate surface area is 203 Å². The Hall–Kier alpha value is -2.15. The Morgan fingerprint density at radius 3 is 2.38 bits per heavy atom. The van der Waals surface area contributed by atoms with E-state index in [9.17, 15) is 22.0 Å². The lowest BCUT2D eigenvalue weighted by molar-refractivity contribution is -0.138. The molecular formula is C23H29N4O5S2-. The molecule has 2 N–H and O–H groups in total. The van der Waals surface area contributed by atoms with Crippen LogP contribution in [0.25, 0.3) is 0 Å². The fourth-order valence-electron chi connectivity index (χ4n) is 4.70. The third-order valence-electron chi connectivity index (χ3n) is 6.57. The summed E-state index contributed by atoms with van der Waals surface area (Å²) in [5, 5.41) is 0. The monoisotopic (exact) mass is 505 g/mol. The van der Waals surface area contributed by atoms with Crippen molar-refractivity contribution >= 4 is 27.2 Å². The molecule has 2 fully saturated rings. The van der Waals surface area contributed by atoms with Crippen molar-refractivity contribution in [3.63, 3.8) is 0 Å². The molecule has 0 radical (unpaired) electrons. The Balaban J connectivity index is 1.60. The molecule has 0 aliphatic carbocycles. The molecule has 4 rings (SSSR count). The summed E-state index contributed by atoms with van der Waals surface area (Å²) >= 11 is -2.31. The lowest BCUT2D eigenvalue weighted by Crippen LogP contribution is -2.54. The molecule has 184 valence electrons. The van der Waals surface area contributed by atoms with Gasteiger partial charge in [0.2, 0.25) is 15.9 Å². The average molecular weight is 506 g/mol. The van der Waals surface area contributed by atoms with E-state index in [0.29, 0.717) is 19.5 Å². The number of hydrogen-bond donors (Lipinski definition) is 1. The second kappa shape index (κ2) is 10.6. The minimum atomic E-state index is -3.84. The third kappa shape index (κ3) is 5.40. The van der Waals surface area contributed by atoms with Gasteiger partial charge in [-0.1, -0.05) is 42.5 Å². The van der Waals surface area contributed by atoms with Gasteiger partial charge < -0.3 is 15.2 Å². The Morgan fingerprint density at radius 2 is 1.74 bits per heavy atom. The first kappa shape index (κ1) is 25.0. The van der Waals surface area contributed by atoms with Crippen LogP contribution in [0.1, 0.15) is 23.5 Å². The zero-order chi connectivity index (χ0) is 24.3. The zero-order valence-electron chi connectivity index (χ0n) is 18.8. The summed E-state index contributed by atoms with van der Waals surface area (Å²) in [5.41, 5.74) is 7.42. The van der Waals surface area contributed by atoms with Crippen molar-refractivity contribution in [2.45, 2.75) is 23.8 Å².